The van der Waals surface area contributed by atoms with E-state index in [1.807, 2.05) is 12.1 Å². The molecule has 1 amide bonds. The number of β-amino-alcohol motifs (C(OH)–C–C–N with tert-alkyl or cyclic N) is 1. The minimum absolute atomic E-state index is 0.165. The molecule has 25 heavy (non-hydrogen) atoms. The number of hydrogen-bond donors (Lipinski definition) is 1. The minimum atomic E-state index is -0.504. The molecule has 5 heteroatoms. The van der Waals surface area contributed by atoms with Crippen molar-refractivity contribution in [2.24, 2.45) is 0 Å². The van der Waals surface area contributed by atoms with Gasteiger partial charge in [0, 0.05) is 38.6 Å². The smallest absolute Gasteiger partial charge is 0.222 e. The van der Waals surface area contributed by atoms with Gasteiger partial charge in [-0.3, -0.25) is 9.69 Å². The van der Waals surface area contributed by atoms with Gasteiger partial charge in [0.2, 0.25) is 5.91 Å². The van der Waals surface area contributed by atoms with Gasteiger partial charge >= 0.3 is 0 Å². The first-order chi connectivity index (χ1) is 12.1. The Balaban J connectivity index is 1.54. The maximum absolute atomic E-state index is 13.1. The third-order valence-electron chi connectivity index (χ3n) is 5.49. The van der Waals surface area contributed by atoms with Crippen molar-refractivity contribution in [1.29, 1.82) is 0 Å². The molecule has 0 aromatic heterocycles. The maximum Gasteiger partial charge on any atom is 0.222 e. The Labute approximate surface area is 149 Å². The van der Waals surface area contributed by atoms with E-state index in [1.54, 1.807) is 4.90 Å². The zero-order valence-corrected chi connectivity index (χ0v) is 14.9. The lowest BCUT2D eigenvalue weighted by Gasteiger charge is -2.32. The first-order valence-electron chi connectivity index (χ1n) is 9.56. The van der Waals surface area contributed by atoms with E-state index >= 15 is 0 Å². The first-order valence-corrected chi connectivity index (χ1v) is 9.56. The van der Waals surface area contributed by atoms with Gasteiger partial charge in [-0.05, 0) is 43.4 Å². The predicted octanol–water partition coefficient (Wildman–Crippen LogP) is 2.60. The molecule has 0 bridgehead atoms. The molecule has 1 atom stereocenters. The number of nitrogens with zero attached hydrogens (tertiary/aromatic N) is 2. The normalized spacial score (nSPS) is 20.0. The number of aliphatic hydroxyl groups is 1. The lowest BCUT2D eigenvalue weighted by molar-refractivity contribution is -0.129. The van der Waals surface area contributed by atoms with Crippen LogP contribution in [0.4, 0.5) is 4.39 Å². The molecule has 4 nitrogen and oxygen atoms in total. The molecule has 1 aromatic carbocycles. The highest BCUT2D eigenvalue weighted by molar-refractivity contribution is 5.78. The van der Waals surface area contributed by atoms with Crippen molar-refractivity contribution in [2.45, 2.75) is 57.1 Å². The van der Waals surface area contributed by atoms with Crippen LogP contribution in [0.15, 0.2) is 24.3 Å². The third kappa shape index (κ3) is 5.25. The highest BCUT2D eigenvalue weighted by Gasteiger charge is 2.27. The van der Waals surface area contributed by atoms with Crippen molar-refractivity contribution < 1.29 is 14.3 Å². The minimum Gasteiger partial charge on any atom is -0.390 e. The monoisotopic (exact) mass is 348 g/mol. The molecule has 138 valence electrons. The van der Waals surface area contributed by atoms with E-state index in [1.165, 1.54) is 37.8 Å². The van der Waals surface area contributed by atoms with Crippen LogP contribution in [0.2, 0.25) is 0 Å². The van der Waals surface area contributed by atoms with Crippen LogP contribution in [-0.2, 0) is 11.2 Å². The van der Waals surface area contributed by atoms with E-state index in [0.29, 0.717) is 25.6 Å². The summed E-state index contributed by atoms with van der Waals surface area (Å²) in [5, 5.41) is 10.5. The summed E-state index contributed by atoms with van der Waals surface area (Å²) in [6.07, 6.45) is 6.72. The van der Waals surface area contributed by atoms with E-state index in [0.717, 1.165) is 31.5 Å². The average molecular weight is 348 g/mol. The molecule has 0 radical (unpaired) electrons. The summed E-state index contributed by atoms with van der Waals surface area (Å²) in [7, 11) is 0. The van der Waals surface area contributed by atoms with Crippen molar-refractivity contribution in [3.8, 4) is 0 Å². The fourth-order valence-corrected chi connectivity index (χ4v) is 4.10. The van der Waals surface area contributed by atoms with E-state index in [4.69, 9.17) is 0 Å². The number of halogens is 1. The van der Waals surface area contributed by atoms with Crippen molar-refractivity contribution in [3.63, 3.8) is 0 Å². The Bertz CT molecular complexity index is 557. The molecule has 1 heterocycles. The SMILES string of the molecule is O=C1CCCN1CC(O)CN(CCc1ccc(F)cc1)C1CCCC1. The number of hydrogen-bond acceptors (Lipinski definition) is 3. The van der Waals surface area contributed by atoms with Crippen LogP contribution in [0.5, 0.6) is 0 Å². The summed E-state index contributed by atoms with van der Waals surface area (Å²) in [6.45, 7) is 2.68. The van der Waals surface area contributed by atoms with Gasteiger partial charge in [-0.1, -0.05) is 25.0 Å². The van der Waals surface area contributed by atoms with Gasteiger partial charge in [-0.15, -0.1) is 0 Å². The molecule has 1 N–H and O–H groups in total. The van der Waals surface area contributed by atoms with Gasteiger partial charge in [-0.25, -0.2) is 4.39 Å². The van der Waals surface area contributed by atoms with Crippen molar-refractivity contribution >= 4 is 5.91 Å². The van der Waals surface area contributed by atoms with Gasteiger partial charge < -0.3 is 10.0 Å². The zero-order chi connectivity index (χ0) is 17.6. The van der Waals surface area contributed by atoms with E-state index in [-0.39, 0.29) is 11.7 Å². The molecular weight excluding hydrogens is 319 g/mol. The maximum atomic E-state index is 13.1. The highest BCUT2D eigenvalue weighted by atomic mass is 19.1. The molecule has 2 fully saturated rings. The van der Waals surface area contributed by atoms with Crippen molar-refractivity contribution in [2.75, 3.05) is 26.2 Å². The van der Waals surface area contributed by atoms with Gasteiger partial charge in [0.15, 0.2) is 0 Å². The number of amides is 1. The molecule has 2 aliphatic rings. The molecule has 3 rings (SSSR count). The molecule has 1 unspecified atom stereocenters. The Hall–Kier alpha value is -1.46. The molecule has 1 aromatic rings. The van der Waals surface area contributed by atoms with Crippen molar-refractivity contribution in [1.82, 2.24) is 9.80 Å². The Morgan fingerprint density at radius 3 is 2.56 bits per heavy atom. The predicted molar refractivity (Wildman–Crippen MR) is 95.8 cm³/mol. The van der Waals surface area contributed by atoms with Crippen LogP contribution in [0, 0.1) is 5.82 Å². The highest BCUT2D eigenvalue weighted by Crippen LogP contribution is 2.24. The van der Waals surface area contributed by atoms with Gasteiger partial charge in [0.05, 0.1) is 6.10 Å². The third-order valence-corrected chi connectivity index (χ3v) is 5.49. The lowest BCUT2D eigenvalue weighted by atomic mass is 10.1. The lowest BCUT2D eigenvalue weighted by Crippen LogP contribution is -2.44. The fraction of sp³-hybridized carbons (Fsp3) is 0.650. The molecule has 1 aliphatic heterocycles. The molecule has 1 saturated carbocycles. The Morgan fingerprint density at radius 2 is 1.92 bits per heavy atom. The molecular formula is C20H29FN2O2. The topological polar surface area (TPSA) is 43.8 Å². The fourth-order valence-electron chi connectivity index (χ4n) is 4.10. The summed E-state index contributed by atoms with van der Waals surface area (Å²) in [6, 6.07) is 7.19. The second-order valence-electron chi connectivity index (χ2n) is 7.41. The number of carbonyl (C=O) groups excluding carboxylic acids is 1. The molecule has 1 saturated heterocycles. The standard InChI is InChI=1S/C20H29FN2O2/c21-17-9-7-16(8-10-17)11-13-22(18-4-1-2-5-18)14-19(24)15-23-12-3-6-20(23)25/h7-10,18-19,24H,1-6,11-15H2. The van der Waals surface area contributed by atoms with Crippen LogP contribution in [0.25, 0.3) is 0 Å². The van der Waals surface area contributed by atoms with Crippen LogP contribution in [0.3, 0.4) is 0 Å². The Kier molecular flexibility index (Phi) is 6.43. The average Bonchev–Trinajstić information content (AvgIpc) is 3.26. The number of likely N-dealkylation sites (tertiary alicyclic amines) is 1. The molecule has 1 aliphatic carbocycles. The van der Waals surface area contributed by atoms with Gasteiger partial charge in [0.25, 0.3) is 0 Å². The van der Waals surface area contributed by atoms with Crippen LogP contribution in [0.1, 0.15) is 44.1 Å². The van der Waals surface area contributed by atoms with Gasteiger partial charge in [0.1, 0.15) is 5.82 Å². The summed E-state index contributed by atoms with van der Waals surface area (Å²) in [5.74, 6) is -0.0418. The quantitative estimate of drug-likeness (QED) is 0.785. The number of carbonyl (C=O) groups is 1. The summed E-state index contributed by atoms with van der Waals surface area (Å²) in [4.78, 5) is 15.9. The largest absolute Gasteiger partial charge is 0.390 e. The number of benzene rings is 1. The number of aliphatic hydroxyl groups excluding tert-OH is 1. The van der Waals surface area contributed by atoms with E-state index in [9.17, 15) is 14.3 Å². The van der Waals surface area contributed by atoms with Crippen molar-refractivity contribution in [3.05, 3.63) is 35.6 Å². The van der Waals surface area contributed by atoms with Crippen LogP contribution in [-0.4, -0.2) is 59.1 Å². The van der Waals surface area contributed by atoms with Gasteiger partial charge in [-0.2, -0.15) is 0 Å². The summed E-state index contributed by atoms with van der Waals surface area (Å²) < 4.78 is 13.1. The number of rotatable bonds is 8. The summed E-state index contributed by atoms with van der Waals surface area (Å²) in [5.41, 5.74) is 1.12. The first kappa shape index (κ1) is 18.3. The van der Waals surface area contributed by atoms with Crippen LogP contribution >= 0.6 is 0 Å². The summed E-state index contributed by atoms with van der Waals surface area (Å²) >= 11 is 0. The zero-order valence-electron chi connectivity index (χ0n) is 14.9. The van der Waals surface area contributed by atoms with E-state index in [2.05, 4.69) is 4.90 Å². The van der Waals surface area contributed by atoms with E-state index < -0.39 is 6.10 Å². The second kappa shape index (κ2) is 8.77. The Morgan fingerprint density at radius 1 is 1.20 bits per heavy atom. The second-order valence-corrected chi connectivity index (χ2v) is 7.41. The van der Waals surface area contributed by atoms with Crippen LogP contribution < -0.4 is 0 Å². The molecule has 0 spiro atoms.